The number of anilines is 1. The zero-order valence-corrected chi connectivity index (χ0v) is 14.2. The second-order valence-electron chi connectivity index (χ2n) is 4.98. The van der Waals surface area contributed by atoms with E-state index >= 15 is 0 Å². The summed E-state index contributed by atoms with van der Waals surface area (Å²) in [5, 5.41) is 6.98. The molecule has 3 rings (SSSR count). The molecule has 6 heteroatoms. The normalized spacial score (nSPS) is 13.3. The van der Waals surface area contributed by atoms with E-state index in [0.29, 0.717) is 18.7 Å². The molecule has 1 aliphatic heterocycles. The number of amides is 1. The van der Waals surface area contributed by atoms with E-state index in [-0.39, 0.29) is 46.9 Å². The average molecular weight is 292 g/mol. The van der Waals surface area contributed by atoms with Crippen LogP contribution in [0.4, 0.5) is 5.69 Å². The molecule has 0 atom stereocenters. The SMILES string of the molecule is Cc1ccc(NC(=O)c2cc3n(n2)CCCC3=O)cc1.[Na]. The van der Waals surface area contributed by atoms with Crippen molar-refractivity contribution in [2.45, 2.75) is 26.3 Å². The van der Waals surface area contributed by atoms with Crippen molar-refractivity contribution in [1.29, 1.82) is 0 Å². The van der Waals surface area contributed by atoms with Gasteiger partial charge < -0.3 is 5.32 Å². The van der Waals surface area contributed by atoms with Crippen LogP contribution < -0.4 is 5.32 Å². The Labute approximate surface area is 145 Å². The minimum atomic E-state index is -0.288. The van der Waals surface area contributed by atoms with Crippen molar-refractivity contribution < 1.29 is 9.59 Å². The van der Waals surface area contributed by atoms with Gasteiger partial charge >= 0.3 is 0 Å². The molecule has 0 unspecified atom stereocenters. The maximum atomic E-state index is 12.1. The van der Waals surface area contributed by atoms with Crippen LogP contribution in [0, 0.1) is 6.92 Å². The topological polar surface area (TPSA) is 64.0 Å². The number of hydrogen-bond acceptors (Lipinski definition) is 3. The van der Waals surface area contributed by atoms with Crippen LogP contribution in [0.2, 0.25) is 0 Å². The first-order valence-corrected chi connectivity index (χ1v) is 6.62. The predicted octanol–water partition coefficient (Wildman–Crippen LogP) is 2.04. The van der Waals surface area contributed by atoms with Crippen LogP contribution in [0.5, 0.6) is 0 Å². The summed E-state index contributed by atoms with van der Waals surface area (Å²) in [7, 11) is 0. The molecule has 2 heterocycles. The van der Waals surface area contributed by atoms with Gasteiger partial charge in [0.2, 0.25) is 0 Å². The Morgan fingerprint density at radius 2 is 2.00 bits per heavy atom. The number of nitrogens with zero attached hydrogens (tertiary/aromatic N) is 2. The van der Waals surface area contributed by atoms with Crippen LogP contribution in [0.3, 0.4) is 0 Å². The van der Waals surface area contributed by atoms with E-state index in [1.165, 1.54) is 0 Å². The molecule has 21 heavy (non-hydrogen) atoms. The van der Waals surface area contributed by atoms with E-state index in [4.69, 9.17) is 0 Å². The quantitative estimate of drug-likeness (QED) is 0.861. The fraction of sp³-hybridized carbons (Fsp3) is 0.267. The van der Waals surface area contributed by atoms with Gasteiger partial charge in [-0.25, -0.2) is 0 Å². The van der Waals surface area contributed by atoms with Crippen LogP contribution in [0.15, 0.2) is 30.3 Å². The number of fused-ring (bicyclic) bond motifs is 1. The fourth-order valence-electron chi connectivity index (χ4n) is 2.27. The van der Waals surface area contributed by atoms with Gasteiger partial charge in [0.1, 0.15) is 5.69 Å². The fourth-order valence-corrected chi connectivity index (χ4v) is 2.27. The Morgan fingerprint density at radius 3 is 2.67 bits per heavy atom. The van der Waals surface area contributed by atoms with Crippen molar-refractivity contribution in [3.05, 3.63) is 47.3 Å². The molecule has 1 N–H and O–H groups in total. The van der Waals surface area contributed by atoms with Gasteiger partial charge in [-0.2, -0.15) is 5.10 Å². The molecular formula is C15H15N3NaO2. The number of aromatic nitrogens is 2. The van der Waals surface area contributed by atoms with Gasteiger partial charge in [-0.05, 0) is 25.5 Å². The molecule has 0 bridgehead atoms. The summed E-state index contributed by atoms with van der Waals surface area (Å²) in [6, 6.07) is 9.11. The smallest absolute Gasteiger partial charge is 0.276 e. The number of hydrogen-bond donors (Lipinski definition) is 1. The maximum Gasteiger partial charge on any atom is 0.276 e. The first-order chi connectivity index (χ1) is 9.63. The van der Waals surface area contributed by atoms with Crippen LogP contribution >= 0.6 is 0 Å². The number of carbonyl (C=O) groups excluding carboxylic acids is 2. The number of Topliss-reactive ketones (excluding diaryl/α,β-unsaturated/α-hetero) is 1. The Balaban J connectivity index is 0.00000161. The van der Waals surface area contributed by atoms with E-state index in [0.717, 1.165) is 17.7 Å². The Morgan fingerprint density at radius 1 is 1.29 bits per heavy atom. The molecule has 1 amide bonds. The summed E-state index contributed by atoms with van der Waals surface area (Å²) in [5.41, 5.74) is 2.67. The molecule has 0 fully saturated rings. The first kappa shape index (κ1) is 15.9. The third-order valence-corrected chi connectivity index (χ3v) is 3.38. The van der Waals surface area contributed by atoms with Gasteiger partial charge in [0.15, 0.2) is 11.5 Å². The molecule has 0 spiro atoms. The van der Waals surface area contributed by atoms with Crippen molar-refractivity contribution in [2.75, 3.05) is 5.32 Å². The molecule has 103 valence electrons. The Bertz CT molecular complexity index is 677. The van der Waals surface area contributed by atoms with Gasteiger partial charge in [-0.1, -0.05) is 17.7 Å². The second-order valence-corrected chi connectivity index (χ2v) is 4.98. The number of rotatable bonds is 2. The van der Waals surface area contributed by atoms with Crippen molar-refractivity contribution in [2.24, 2.45) is 0 Å². The first-order valence-electron chi connectivity index (χ1n) is 6.62. The van der Waals surface area contributed by atoms with Crippen molar-refractivity contribution in [1.82, 2.24) is 9.78 Å². The number of nitrogens with one attached hydrogen (secondary N) is 1. The molecule has 0 saturated carbocycles. The van der Waals surface area contributed by atoms with E-state index in [2.05, 4.69) is 10.4 Å². The number of aryl methyl sites for hydroxylation is 2. The van der Waals surface area contributed by atoms with E-state index in [9.17, 15) is 9.59 Å². The van der Waals surface area contributed by atoms with Crippen LogP contribution in [0.1, 0.15) is 39.4 Å². The zero-order chi connectivity index (χ0) is 14.1. The third-order valence-electron chi connectivity index (χ3n) is 3.38. The van der Waals surface area contributed by atoms with Gasteiger partial charge in [0.05, 0.1) is 0 Å². The molecule has 0 saturated heterocycles. The van der Waals surface area contributed by atoms with Crippen molar-refractivity contribution in [3.63, 3.8) is 0 Å². The van der Waals surface area contributed by atoms with E-state index < -0.39 is 0 Å². The summed E-state index contributed by atoms with van der Waals surface area (Å²) in [6.07, 6.45) is 1.32. The van der Waals surface area contributed by atoms with E-state index in [1.807, 2.05) is 31.2 Å². The van der Waals surface area contributed by atoms with Crippen LogP contribution in [-0.2, 0) is 6.54 Å². The summed E-state index contributed by atoms with van der Waals surface area (Å²) in [4.78, 5) is 23.8. The second kappa shape index (κ2) is 6.56. The zero-order valence-electron chi connectivity index (χ0n) is 12.2. The molecule has 1 aromatic heterocycles. The molecule has 1 aliphatic rings. The Kier molecular flexibility index (Phi) is 4.98. The Hall–Kier alpha value is -1.43. The van der Waals surface area contributed by atoms with Crippen LogP contribution in [0.25, 0.3) is 0 Å². The molecule has 2 aromatic rings. The monoisotopic (exact) mass is 292 g/mol. The largest absolute Gasteiger partial charge is 0.321 e. The molecule has 1 aromatic carbocycles. The number of benzene rings is 1. The number of carbonyl (C=O) groups is 2. The molecule has 0 aliphatic carbocycles. The van der Waals surface area contributed by atoms with Crippen molar-refractivity contribution >= 4 is 46.9 Å². The molecule has 1 radical (unpaired) electrons. The van der Waals surface area contributed by atoms with Gasteiger partial charge in [0.25, 0.3) is 5.91 Å². The predicted molar refractivity (Wildman–Crippen MR) is 80.7 cm³/mol. The minimum absolute atomic E-state index is 0. The summed E-state index contributed by atoms with van der Waals surface area (Å²) >= 11 is 0. The third kappa shape index (κ3) is 3.43. The average Bonchev–Trinajstić information content (AvgIpc) is 2.87. The summed E-state index contributed by atoms with van der Waals surface area (Å²) in [6.45, 7) is 2.68. The maximum absolute atomic E-state index is 12.1. The summed E-state index contributed by atoms with van der Waals surface area (Å²) < 4.78 is 1.62. The van der Waals surface area contributed by atoms with Gasteiger partial charge in [-0.3, -0.25) is 14.3 Å². The molecular weight excluding hydrogens is 277 g/mol. The minimum Gasteiger partial charge on any atom is -0.321 e. The van der Waals surface area contributed by atoms with Gasteiger partial charge in [0, 0.05) is 54.3 Å². The summed E-state index contributed by atoms with van der Waals surface area (Å²) in [5.74, 6) is -0.235. The van der Waals surface area contributed by atoms with E-state index in [1.54, 1.807) is 10.7 Å². The standard InChI is InChI=1S/C15H15N3O2.Na/c1-10-4-6-11(7-5-10)16-15(20)12-9-13-14(19)3-2-8-18(13)17-12;/h4-7,9H,2-3,8H2,1H3,(H,16,20);. The van der Waals surface area contributed by atoms with Crippen molar-refractivity contribution in [3.8, 4) is 0 Å². The number of ketones is 1. The van der Waals surface area contributed by atoms with Gasteiger partial charge in [-0.15, -0.1) is 0 Å². The van der Waals surface area contributed by atoms with Crippen LogP contribution in [-0.4, -0.2) is 51.0 Å². The molecule has 5 nitrogen and oxygen atoms in total.